The summed E-state index contributed by atoms with van der Waals surface area (Å²) in [7, 11) is 0. The van der Waals surface area contributed by atoms with Gasteiger partial charge in [0.15, 0.2) is 0 Å². The molecular formula is C57H62N4. The number of benzene rings is 7. The molecule has 0 saturated carbocycles. The zero-order valence-corrected chi connectivity index (χ0v) is 36.8. The number of nitrogens with two attached hydrogens (primary N) is 2. The van der Waals surface area contributed by atoms with Crippen LogP contribution in [0.15, 0.2) is 223 Å². The molecule has 0 radical (unpaired) electrons. The zero-order valence-electron chi connectivity index (χ0n) is 36.8. The number of aryl methyl sites for hydroxylation is 1. The molecule has 0 amide bonds. The highest BCUT2D eigenvalue weighted by Gasteiger charge is 2.27. The van der Waals surface area contributed by atoms with E-state index in [0.717, 1.165) is 57.2 Å². The lowest BCUT2D eigenvalue weighted by atomic mass is 9.75. The van der Waals surface area contributed by atoms with Gasteiger partial charge in [0.25, 0.3) is 0 Å². The van der Waals surface area contributed by atoms with Crippen molar-refractivity contribution in [1.82, 2.24) is 5.32 Å². The lowest BCUT2D eigenvalue weighted by Gasteiger charge is -2.28. The Morgan fingerprint density at radius 3 is 1.54 bits per heavy atom. The molecule has 0 aromatic heterocycles. The maximum atomic E-state index is 6.28. The monoisotopic (exact) mass is 802 g/mol. The SMILES string of the molecule is C=C(NCC)C(/C=C\C)=C(/N)c1ccccc1C.C=N/C(=C\C(C)(c1ccccc1)c1ccccc1)c1ccc(-c2ccc(N)cc2)cc1.CC.c1ccc2ccccc2c1. The summed E-state index contributed by atoms with van der Waals surface area (Å²) < 4.78 is 0. The summed E-state index contributed by atoms with van der Waals surface area (Å²) in [5.74, 6) is 0. The molecule has 61 heavy (non-hydrogen) atoms. The third-order valence-corrected chi connectivity index (χ3v) is 10.2. The minimum absolute atomic E-state index is 0.339. The van der Waals surface area contributed by atoms with Crippen molar-refractivity contribution in [3.8, 4) is 11.1 Å². The fourth-order valence-electron chi connectivity index (χ4n) is 6.89. The molecule has 0 saturated heterocycles. The van der Waals surface area contributed by atoms with Crippen molar-refractivity contribution in [2.75, 3.05) is 12.3 Å². The summed E-state index contributed by atoms with van der Waals surface area (Å²) in [6.45, 7) is 21.1. The minimum atomic E-state index is -0.339. The van der Waals surface area contributed by atoms with E-state index in [9.17, 15) is 0 Å². The summed E-state index contributed by atoms with van der Waals surface area (Å²) >= 11 is 0. The smallest absolute Gasteiger partial charge is 0.0667 e. The number of aliphatic imine (C=N–C) groups is 1. The molecule has 7 aromatic carbocycles. The molecule has 0 spiro atoms. The number of hydrogen-bond donors (Lipinski definition) is 3. The van der Waals surface area contributed by atoms with Crippen LogP contribution in [0.4, 0.5) is 5.69 Å². The number of anilines is 1. The third kappa shape index (κ3) is 12.9. The number of likely N-dealkylation sites (N-methyl/N-ethyl adjacent to an activating group) is 1. The summed E-state index contributed by atoms with van der Waals surface area (Å²) in [5, 5.41) is 5.84. The number of rotatable bonds is 11. The number of fused-ring (bicyclic) bond motifs is 1. The Kier molecular flexibility index (Phi) is 18.3. The van der Waals surface area contributed by atoms with Gasteiger partial charge in [-0.25, -0.2) is 0 Å². The molecule has 7 aromatic rings. The Morgan fingerprint density at radius 1 is 0.656 bits per heavy atom. The van der Waals surface area contributed by atoms with E-state index >= 15 is 0 Å². The van der Waals surface area contributed by atoms with Crippen LogP contribution in [0.2, 0.25) is 0 Å². The van der Waals surface area contributed by atoms with Gasteiger partial charge in [-0.3, -0.25) is 4.99 Å². The van der Waals surface area contributed by atoms with Gasteiger partial charge in [0.1, 0.15) is 0 Å². The molecule has 0 heterocycles. The zero-order chi connectivity index (χ0) is 44.0. The first-order valence-electron chi connectivity index (χ1n) is 21.0. The Morgan fingerprint density at radius 2 is 1.10 bits per heavy atom. The standard InChI is InChI=1S/C29H26N2.C16H22N2.C10H8.C2H6/c1-29(25-9-5-3-6-10-25,26-11-7-4-8-12-26)21-28(31-2)24-15-13-22(14-16-24)23-17-19-27(30)20-18-23;1-5-9-15(13(4)18-6-2)16(17)14-11-8-7-10-12(14)3;1-2-6-10-8-4-3-7-9(10)5-1;1-2/h3-21H,2,30H2,1H3;5,7-11,18H,4,6,17H2,1-3H3;1-8H;1-2H3/b28-21-;9-5-,16-15+;;. The molecule has 0 unspecified atom stereocenters. The van der Waals surface area contributed by atoms with Crippen LogP contribution in [0.5, 0.6) is 0 Å². The molecule has 310 valence electrons. The van der Waals surface area contributed by atoms with Crippen molar-refractivity contribution in [2.45, 2.75) is 47.0 Å². The molecule has 0 aliphatic carbocycles. The lowest BCUT2D eigenvalue weighted by Crippen LogP contribution is -2.21. The Hall–Kier alpha value is -7.17. The number of allylic oxidation sites excluding steroid dienone is 3. The predicted octanol–water partition coefficient (Wildman–Crippen LogP) is 14.2. The van der Waals surface area contributed by atoms with Crippen LogP contribution < -0.4 is 16.8 Å². The third-order valence-electron chi connectivity index (χ3n) is 10.2. The molecule has 5 N–H and O–H groups in total. The average molecular weight is 803 g/mol. The second-order valence-corrected chi connectivity index (χ2v) is 14.3. The molecule has 0 aliphatic heterocycles. The van der Waals surface area contributed by atoms with Crippen molar-refractivity contribution >= 4 is 34.6 Å². The van der Waals surface area contributed by atoms with E-state index in [1.807, 2.05) is 94.4 Å². The lowest BCUT2D eigenvalue weighted by molar-refractivity contribution is 0.724. The minimum Gasteiger partial charge on any atom is -0.399 e. The van der Waals surface area contributed by atoms with Crippen molar-refractivity contribution in [1.29, 1.82) is 0 Å². The van der Waals surface area contributed by atoms with Gasteiger partial charge in [0.05, 0.1) is 5.70 Å². The van der Waals surface area contributed by atoms with Gasteiger partial charge in [-0.2, -0.15) is 0 Å². The van der Waals surface area contributed by atoms with Gasteiger partial charge in [-0.15, -0.1) is 0 Å². The van der Waals surface area contributed by atoms with Crippen LogP contribution in [-0.2, 0) is 5.41 Å². The molecule has 4 nitrogen and oxygen atoms in total. The van der Waals surface area contributed by atoms with Gasteiger partial charge >= 0.3 is 0 Å². The van der Waals surface area contributed by atoms with Crippen molar-refractivity contribution in [2.24, 2.45) is 10.7 Å². The topological polar surface area (TPSA) is 76.4 Å². The molecule has 0 bridgehead atoms. The van der Waals surface area contributed by atoms with Crippen LogP contribution in [-0.4, -0.2) is 13.3 Å². The first-order chi connectivity index (χ1) is 29.7. The second kappa shape index (κ2) is 24.0. The molecule has 4 heteroatoms. The highest BCUT2D eigenvalue weighted by atomic mass is 14.9. The molecule has 0 atom stereocenters. The Balaban J connectivity index is 0.000000228. The van der Waals surface area contributed by atoms with E-state index in [4.69, 9.17) is 11.5 Å². The van der Waals surface area contributed by atoms with Crippen LogP contribution in [0.25, 0.3) is 33.3 Å². The van der Waals surface area contributed by atoms with Gasteiger partial charge in [0.2, 0.25) is 0 Å². The maximum absolute atomic E-state index is 6.28. The summed E-state index contributed by atoms with van der Waals surface area (Å²) in [6, 6.07) is 62.2. The second-order valence-electron chi connectivity index (χ2n) is 14.3. The normalized spacial score (nSPS) is 11.4. The van der Waals surface area contributed by atoms with Crippen LogP contribution >= 0.6 is 0 Å². The summed E-state index contributed by atoms with van der Waals surface area (Å²) in [6.07, 6.45) is 6.18. The fraction of sp³-hybridized carbons (Fsp3) is 0.140. The van der Waals surface area contributed by atoms with E-state index in [2.05, 4.69) is 171 Å². The molecule has 0 fully saturated rings. The number of nitrogens with zero attached hydrogens (tertiary/aromatic N) is 1. The molecule has 0 aliphatic rings. The van der Waals surface area contributed by atoms with Gasteiger partial charge in [-0.1, -0.05) is 202 Å². The van der Waals surface area contributed by atoms with E-state index in [-0.39, 0.29) is 5.41 Å². The fourth-order valence-corrected chi connectivity index (χ4v) is 6.89. The van der Waals surface area contributed by atoms with E-state index in [1.54, 1.807) is 0 Å². The Bertz CT molecular complexity index is 2410. The average Bonchev–Trinajstić information content (AvgIpc) is 3.32. The van der Waals surface area contributed by atoms with Crippen LogP contribution in [0.3, 0.4) is 0 Å². The Labute approximate surface area is 365 Å². The maximum Gasteiger partial charge on any atom is 0.0667 e. The number of nitrogen functional groups attached to an aromatic ring is 1. The first-order valence-corrected chi connectivity index (χ1v) is 21.0. The predicted molar refractivity (Wildman–Crippen MR) is 268 cm³/mol. The first kappa shape index (κ1) is 46.5. The quantitative estimate of drug-likeness (QED) is 0.0693. The van der Waals surface area contributed by atoms with E-state index in [1.165, 1.54) is 27.5 Å². The van der Waals surface area contributed by atoms with Crippen LogP contribution in [0, 0.1) is 6.92 Å². The van der Waals surface area contributed by atoms with Gasteiger partial charge in [-0.05, 0) is 96.8 Å². The van der Waals surface area contributed by atoms with Crippen molar-refractivity contribution in [3.05, 3.63) is 246 Å². The molecule has 7 rings (SSSR count). The summed E-state index contributed by atoms with van der Waals surface area (Å²) in [4.78, 5) is 4.40. The number of nitrogens with one attached hydrogen (secondary N) is 1. The van der Waals surface area contributed by atoms with Crippen molar-refractivity contribution < 1.29 is 0 Å². The highest BCUT2D eigenvalue weighted by molar-refractivity contribution is 5.82. The van der Waals surface area contributed by atoms with E-state index in [0.29, 0.717) is 0 Å². The summed E-state index contributed by atoms with van der Waals surface area (Å²) in [5.41, 5.74) is 23.9. The van der Waals surface area contributed by atoms with Gasteiger partial charge < -0.3 is 16.8 Å². The van der Waals surface area contributed by atoms with Gasteiger partial charge in [0, 0.05) is 40.2 Å². The van der Waals surface area contributed by atoms with Crippen LogP contribution in [0.1, 0.15) is 62.4 Å². The molecular weight excluding hydrogens is 741 g/mol. The number of hydrogen-bond acceptors (Lipinski definition) is 4. The van der Waals surface area contributed by atoms with E-state index < -0.39 is 0 Å². The van der Waals surface area contributed by atoms with Crippen molar-refractivity contribution in [3.63, 3.8) is 0 Å². The largest absolute Gasteiger partial charge is 0.399 e. The highest BCUT2D eigenvalue weighted by Crippen LogP contribution is 2.37.